The summed E-state index contributed by atoms with van der Waals surface area (Å²) < 4.78 is 18.2. The van der Waals surface area contributed by atoms with Crippen molar-refractivity contribution in [3.8, 4) is 11.5 Å². The molecule has 5 aromatic rings. The Labute approximate surface area is 232 Å². The molecule has 0 aliphatic carbocycles. The molecule has 1 atom stereocenters. The van der Waals surface area contributed by atoms with Crippen LogP contribution in [0.1, 0.15) is 47.7 Å². The van der Waals surface area contributed by atoms with Crippen LogP contribution in [0, 0.1) is 6.92 Å². The Morgan fingerprint density at radius 1 is 1.07 bits per heavy atom. The lowest BCUT2D eigenvalue weighted by molar-refractivity contribution is 0.171. The lowest BCUT2D eigenvalue weighted by Crippen LogP contribution is -2.34. The van der Waals surface area contributed by atoms with Gasteiger partial charge in [0.2, 0.25) is 0 Å². The van der Waals surface area contributed by atoms with E-state index in [0.29, 0.717) is 36.7 Å². The number of aromatic nitrogens is 5. The van der Waals surface area contributed by atoms with E-state index >= 15 is 0 Å². The first-order chi connectivity index (χ1) is 19.5. The van der Waals surface area contributed by atoms with Crippen molar-refractivity contribution in [2.75, 3.05) is 20.8 Å². The highest BCUT2D eigenvalue weighted by atomic mass is 16.5. The fraction of sp³-hybridized carbons (Fsp3) is 0.333. The number of hydrogen-bond donors (Lipinski definition) is 1. The van der Waals surface area contributed by atoms with Crippen molar-refractivity contribution in [1.82, 2.24) is 30.1 Å². The number of H-pyrrole nitrogens is 1. The van der Waals surface area contributed by atoms with Gasteiger partial charge in [-0.25, -0.2) is 4.68 Å². The Hall–Kier alpha value is -4.44. The van der Waals surface area contributed by atoms with Gasteiger partial charge in [-0.3, -0.25) is 9.69 Å². The third kappa shape index (κ3) is 5.91. The number of ether oxygens (including phenoxy) is 2. The van der Waals surface area contributed by atoms with Crippen molar-refractivity contribution in [3.05, 3.63) is 99.5 Å². The second-order valence-corrected chi connectivity index (χ2v) is 9.82. The monoisotopic (exact) mass is 542 g/mol. The van der Waals surface area contributed by atoms with E-state index in [1.807, 2.05) is 55.5 Å². The summed E-state index contributed by atoms with van der Waals surface area (Å²) in [6.45, 7) is 5.63. The molecule has 10 heteroatoms. The van der Waals surface area contributed by atoms with Crippen LogP contribution in [0.4, 0.5) is 0 Å². The van der Waals surface area contributed by atoms with Gasteiger partial charge >= 0.3 is 0 Å². The van der Waals surface area contributed by atoms with Crippen LogP contribution < -0.4 is 15.0 Å². The molecule has 2 aromatic carbocycles. The van der Waals surface area contributed by atoms with E-state index in [9.17, 15) is 4.79 Å². The lowest BCUT2D eigenvalue weighted by Gasteiger charge is -2.30. The van der Waals surface area contributed by atoms with Gasteiger partial charge in [0.25, 0.3) is 5.56 Å². The summed E-state index contributed by atoms with van der Waals surface area (Å²) in [7, 11) is 3.26. The summed E-state index contributed by atoms with van der Waals surface area (Å²) in [5.74, 6) is 2.85. The number of pyridine rings is 1. The number of nitrogens with zero attached hydrogens (tertiary/aromatic N) is 5. The van der Waals surface area contributed by atoms with E-state index in [2.05, 4.69) is 38.4 Å². The molecule has 3 heterocycles. The number of rotatable bonds is 12. The van der Waals surface area contributed by atoms with Crippen LogP contribution in [0.3, 0.4) is 0 Å². The maximum Gasteiger partial charge on any atom is 0.252 e. The molecule has 0 saturated carbocycles. The van der Waals surface area contributed by atoms with Gasteiger partial charge in [0.1, 0.15) is 12.3 Å². The van der Waals surface area contributed by atoms with Gasteiger partial charge in [-0.2, -0.15) is 0 Å². The maximum absolute atomic E-state index is 13.2. The van der Waals surface area contributed by atoms with E-state index < -0.39 is 0 Å². The van der Waals surface area contributed by atoms with Crippen molar-refractivity contribution in [2.45, 2.75) is 45.8 Å². The van der Waals surface area contributed by atoms with Crippen molar-refractivity contribution in [1.29, 1.82) is 0 Å². The van der Waals surface area contributed by atoms with Gasteiger partial charge in [0.05, 0.1) is 26.5 Å². The summed E-state index contributed by atoms with van der Waals surface area (Å²) >= 11 is 0. The van der Waals surface area contributed by atoms with Crippen molar-refractivity contribution in [3.63, 3.8) is 0 Å². The molecule has 3 aromatic heterocycles. The average molecular weight is 543 g/mol. The third-order valence-corrected chi connectivity index (χ3v) is 7.16. The fourth-order valence-electron chi connectivity index (χ4n) is 5.07. The number of furan rings is 1. The number of aryl methyl sites for hydroxylation is 1. The van der Waals surface area contributed by atoms with Gasteiger partial charge in [-0.1, -0.05) is 25.1 Å². The third-order valence-electron chi connectivity index (χ3n) is 7.16. The van der Waals surface area contributed by atoms with Crippen molar-refractivity contribution >= 4 is 10.9 Å². The standard InChI is InChI=1S/C30H34N6O4/c1-5-26(29-32-33-34-36(29)19-24-7-6-14-40-24)35(13-12-21-9-11-27(38-3)28(16-21)39-4)18-23-17-22-10-8-20(2)15-25(22)31-30(23)37/h6-11,14-17,26H,5,12-13,18-19H2,1-4H3,(H,31,37)/t26-/m0/s1. The zero-order valence-electron chi connectivity index (χ0n) is 23.3. The summed E-state index contributed by atoms with van der Waals surface area (Å²) in [4.78, 5) is 18.6. The minimum Gasteiger partial charge on any atom is -0.493 e. The van der Waals surface area contributed by atoms with Crippen LogP contribution in [0.2, 0.25) is 0 Å². The van der Waals surface area contributed by atoms with E-state index in [1.54, 1.807) is 25.2 Å². The highest BCUT2D eigenvalue weighted by Gasteiger charge is 2.26. The SMILES string of the molecule is CC[C@@H](c1nnnn1Cc1ccco1)N(CCc1ccc(OC)c(OC)c1)Cc1cc2ccc(C)cc2[nH]c1=O. The summed E-state index contributed by atoms with van der Waals surface area (Å²) in [6.07, 6.45) is 3.11. The van der Waals surface area contributed by atoms with Crippen LogP contribution >= 0.6 is 0 Å². The lowest BCUT2D eigenvalue weighted by atomic mass is 10.1. The molecule has 1 N–H and O–H groups in total. The number of benzene rings is 2. The van der Waals surface area contributed by atoms with Crippen LogP contribution in [0.15, 0.2) is 70.1 Å². The predicted octanol–water partition coefficient (Wildman–Crippen LogP) is 4.68. The molecule has 0 amide bonds. The van der Waals surface area contributed by atoms with Crippen LogP contribution in [0.25, 0.3) is 10.9 Å². The number of methoxy groups -OCH3 is 2. The molecule has 0 radical (unpaired) electrons. The van der Waals surface area contributed by atoms with E-state index in [4.69, 9.17) is 13.9 Å². The molecule has 0 bridgehead atoms. The topological polar surface area (TPSA) is 111 Å². The number of fused-ring (bicyclic) bond motifs is 1. The Kier molecular flexibility index (Phi) is 8.26. The predicted molar refractivity (Wildman–Crippen MR) is 152 cm³/mol. The Morgan fingerprint density at radius 3 is 2.67 bits per heavy atom. The Bertz CT molecular complexity index is 1630. The molecule has 0 spiro atoms. The molecule has 5 rings (SSSR count). The van der Waals surface area contributed by atoms with E-state index in [0.717, 1.165) is 46.5 Å². The summed E-state index contributed by atoms with van der Waals surface area (Å²) in [5, 5.41) is 13.6. The highest BCUT2D eigenvalue weighted by Crippen LogP contribution is 2.29. The Morgan fingerprint density at radius 2 is 1.93 bits per heavy atom. The molecule has 0 fully saturated rings. The van der Waals surface area contributed by atoms with E-state index in [-0.39, 0.29) is 11.6 Å². The highest BCUT2D eigenvalue weighted by molar-refractivity contribution is 5.79. The minimum absolute atomic E-state index is 0.0979. The minimum atomic E-state index is -0.141. The number of nitrogens with one attached hydrogen (secondary N) is 1. The molecule has 10 nitrogen and oxygen atoms in total. The van der Waals surface area contributed by atoms with Crippen LogP contribution in [-0.4, -0.2) is 50.9 Å². The second kappa shape index (κ2) is 12.2. The average Bonchev–Trinajstić information content (AvgIpc) is 3.65. The molecule has 208 valence electrons. The normalized spacial score (nSPS) is 12.2. The van der Waals surface area contributed by atoms with Crippen LogP contribution in [-0.2, 0) is 19.5 Å². The fourth-order valence-corrected chi connectivity index (χ4v) is 5.07. The van der Waals surface area contributed by atoms with Gasteiger partial charge < -0.3 is 18.9 Å². The molecule has 40 heavy (non-hydrogen) atoms. The number of tetrazole rings is 1. The molecular weight excluding hydrogens is 508 g/mol. The first-order valence-corrected chi connectivity index (χ1v) is 13.3. The first-order valence-electron chi connectivity index (χ1n) is 13.3. The van der Waals surface area contributed by atoms with E-state index in [1.165, 1.54) is 0 Å². The van der Waals surface area contributed by atoms with Crippen molar-refractivity contribution in [2.24, 2.45) is 0 Å². The summed E-state index contributed by atoms with van der Waals surface area (Å²) in [5.41, 5.74) is 3.61. The molecule has 0 aliphatic rings. The quantitative estimate of drug-likeness (QED) is 0.242. The molecule has 0 saturated heterocycles. The summed E-state index contributed by atoms with van der Waals surface area (Å²) in [6, 6.07) is 17.6. The van der Waals surface area contributed by atoms with Gasteiger partial charge in [0, 0.05) is 24.2 Å². The molecular formula is C30H34N6O4. The maximum atomic E-state index is 13.2. The first kappa shape index (κ1) is 27.1. The van der Waals surface area contributed by atoms with Gasteiger partial charge in [-0.05, 0) is 83.1 Å². The van der Waals surface area contributed by atoms with Gasteiger partial charge in [0.15, 0.2) is 17.3 Å². The molecule has 0 aliphatic heterocycles. The van der Waals surface area contributed by atoms with Crippen molar-refractivity contribution < 1.29 is 13.9 Å². The second-order valence-electron chi connectivity index (χ2n) is 9.82. The smallest absolute Gasteiger partial charge is 0.252 e. The van der Waals surface area contributed by atoms with Gasteiger partial charge in [-0.15, -0.1) is 5.10 Å². The van der Waals surface area contributed by atoms with Crippen LogP contribution in [0.5, 0.6) is 11.5 Å². The number of hydrogen-bond acceptors (Lipinski definition) is 8. The number of aromatic amines is 1. The Balaban J connectivity index is 1.48. The molecule has 0 unspecified atom stereocenters. The largest absolute Gasteiger partial charge is 0.493 e. The zero-order chi connectivity index (χ0) is 28.1. The zero-order valence-corrected chi connectivity index (χ0v) is 23.3.